The van der Waals surface area contributed by atoms with Gasteiger partial charge < -0.3 is 19.9 Å². The van der Waals surface area contributed by atoms with E-state index in [0.29, 0.717) is 22.2 Å². The van der Waals surface area contributed by atoms with E-state index in [4.69, 9.17) is 21.1 Å². The van der Waals surface area contributed by atoms with Crippen molar-refractivity contribution < 1.29 is 24.2 Å². The normalized spacial score (nSPS) is 14.9. The molecule has 0 spiro atoms. The van der Waals surface area contributed by atoms with E-state index in [1.54, 1.807) is 12.1 Å². The Bertz CT molecular complexity index is 833. The highest BCUT2D eigenvalue weighted by molar-refractivity contribution is 6.31. The van der Waals surface area contributed by atoms with Crippen molar-refractivity contribution in [3.05, 3.63) is 47.0 Å². The summed E-state index contributed by atoms with van der Waals surface area (Å²) < 4.78 is 11.0. The molecule has 1 heterocycles. The number of aliphatic imine (C=N–C) groups is 1. The van der Waals surface area contributed by atoms with Gasteiger partial charge in [-0.25, -0.2) is 9.59 Å². The molecule has 116 valence electrons. The maximum Gasteiger partial charge on any atom is 0.337 e. The molecule has 2 aromatic rings. The van der Waals surface area contributed by atoms with Crippen molar-refractivity contribution in [2.45, 2.75) is 6.41 Å². The number of nitrogens with one attached hydrogen (secondary N) is 1. The number of fused-ring (bicyclic) bond motifs is 1. The van der Waals surface area contributed by atoms with Gasteiger partial charge in [0.1, 0.15) is 0 Å². The van der Waals surface area contributed by atoms with E-state index in [-0.39, 0.29) is 11.3 Å². The summed E-state index contributed by atoms with van der Waals surface area (Å²) in [6, 6.07) is 8.98. The summed E-state index contributed by atoms with van der Waals surface area (Å²) in [7, 11) is 0. The third kappa shape index (κ3) is 3.11. The van der Waals surface area contributed by atoms with Crippen LogP contribution in [0.4, 0.5) is 11.4 Å². The smallest absolute Gasteiger partial charge is 0.337 e. The van der Waals surface area contributed by atoms with Gasteiger partial charge in [-0.15, -0.1) is 0 Å². The number of aromatic carboxylic acids is 1. The molecule has 0 saturated carbocycles. The number of anilines is 1. The molecule has 3 rings (SSSR count). The quantitative estimate of drug-likeness (QED) is 0.659. The molecule has 1 aliphatic heterocycles. The number of nitrogens with zero attached hydrogens (tertiary/aromatic N) is 1. The molecule has 0 radical (unpaired) electrons. The molecule has 0 fully saturated rings. The molecule has 0 aliphatic carbocycles. The topological polar surface area (TPSA) is 97.2 Å². The molecule has 1 unspecified atom stereocenters. The minimum Gasteiger partial charge on any atom is -0.478 e. The second kappa shape index (κ2) is 6.00. The first-order valence-electron chi connectivity index (χ1n) is 6.41. The minimum atomic E-state index is -1.11. The Morgan fingerprint density at radius 3 is 2.74 bits per heavy atom. The summed E-state index contributed by atoms with van der Waals surface area (Å²) in [6.45, 7) is 0. The Balaban J connectivity index is 1.82. The van der Waals surface area contributed by atoms with Crippen LogP contribution in [-0.4, -0.2) is 23.6 Å². The fraction of sp³-hybridized carbons (Fsp3) is 0.0667. The van der Waals surface area contributed by atoms with Gasteiger partial charge in [0.25, 0.3) is 0 Å². The second-order valence-electron chi connectivity index (χ2n) is 4.54. The van der Waals surface area contributed by atoms with E-state index in [0.717, 1.165) is 0 Å². The van der Waals surface area contributed by atoms with Gasteiger partial charge in [0, 0.05) is 11.1 Å². The number of isocyanates is 1. The Hall–Kier alpha value is -3.02. The SMILES string of the molecule is O=C=Nc1ccc2c(c1)OC(Nc1cc(Cl)ccc1C(=O)O)O2. The van der Waals surface area contributed by atoms with Crippen LogP contribution in [0.1, 0.15) is 10.4 Å². The van der Waals surface area contributed by atoms with Crippen LogP contribution in [0.3, 0.4) is 0 Å². The van der Waals surface area contributed by atoms with Crippen LogP contribution < -0.4 is 14.8 Å². The number of benzene rings is 2. The van der Waals surface area contributed by atoms with Crippen LogP contribution in [0, 0.1) is 0 Å². The lowest BCUT2D eigenvalue weighted by molar-refractivity contribution is 0.0692. The van der Waals surface area contributed by atoms with Crippen molar-refractivity contribution in [3.63, 3.8) is 0 Å². The number of rotatable bonds is 4. The summed E-state index contributed by atoms with van der Waals surface area (Å²) in [5, 5.41) is 12.4. The fourth-order valence-corrected chi connectivity index (χ4v) is 2.24. The monoisotopic (exact) mass is 332 g/mol. The standard InChI is InChI=1S/C15H9ClN2O5/c16-8-1-3-10(14(20)21)11(5-8)18-15-22-12-4-2-9(17-7-19)6-13(12)23-15/h1-6,15,18H,(H,20,21). The second-order valence-corrected chi connectivity index (χ2v) is 4.98. The molecule has 8 heteroatoms. The van der Waals surface area contributed by atoms with Gasteiger partial charge in [-0.3, -0.25) is 0 Å². The lowest BCUT2D eigenvalue weighted by Crippen LogP contribution is -2.28. The van der Waals surface area contributed by atoms with Gasteiger partial charge in [0.05, 0.1) is 16.9 Å². The van der Waals surface area contributed by atoms with Crippen molar-refractivity contribution in [2.24, 2.45) is 4.99 Å². The van der Waals surface area contributed by atoms with Gasteiger partial charge in [-0.05, 0) is 30.3 Å². The van der Waals surface area contributed by atoms with Crippen molar-refractivity contribution in [2.75, 3.05) is 5.32 Å². The van der Waals surface area contributed by atoms with E-state index in [9.17, 15) is 14.7 Å². The first kappa shape index (κ1) is 14.9. The Kier molecular flexibility index (Phi) is 3.89. The zero-order chi connectivity index (χ0) is 16.4. The number of carbonyl (C=O) groups excluding carboxylic acids is 1. The van der Waals surface area contributed by atoms with Gasteiger partial charge in [-0.2, -0.15) is 4.99 Å². The predicted molar refractivity (Wildman–Crippen MR) is 81.3 cm³/mol. The van der Waals surface area contributed by atoms with E-state index < -0.39 is 12.4 Å². The third-order valence-electron chi connectivity index (χ3n) is 3.06. The largest absolute Gasteiger partial charge is 0.478 e. The van der Waals surface area contributed by atoms with Crippen molar-refractivity contribution in [1.29, 1.82) is 0 Å². The molecule has 0 saturated heterocycles. The van der Waals surface area contributed by atoms with Gasteiger partial charge >= 0.3 is 12.4 Å². The first-order valence-corrected chi connectivity index (χ1v) is 6.79. The minimum absolute atomic E-state index is 0.0313. The lowest BCUT2D eigenvalue weighted by atomic mass is 10.2. The molecule has 0 aromatic heterocycles. The predicted octanol–water partition coefficient (Wildman–Crippen LogP) is 3.17. The molecule has 1 atom stereocenters. The molecule has 0 amide bonds. The van der Waals surface area contributed by atoms with Crippen LogP contribution in [0.25, 0.3) is 0 Å². The van der Waals surface area contributed by atoms with Crippen LogP contribution >= 0.6 is 11.6 Å². The van der Waals surface area contributed by atoms with Gasteiger partial charge in [-0.1, -0.05) is 11.6 Å². The number of ether oxygens (including phenoxy) is 2. The average molecular weight is 333 g/mol. The molecule has 2 N–H and O–H groups in total. The third-order valence-corrected chi connectivity index (χ3v) is 3.29. The van der Waals surface area contributed by atoms with Crippen LogP contribution in [0.15, 0.2) is 41.4 Å². The van der Waals surface area contributed by atoms with Crippen molar-refractivity contribution in [3.8, 4) is 11.5 Å². The molecular weight excluding hydrogens is 324 g/mol. The number of carboxylic acid groups (broad SMARTS) is 1. The summed E-state index contributed by atoms with van der Waals surface area (Å²) in [5.41, 5.74) is 0.662. The highest BCUT2D eigenvalue weighted by Crippen LogP contribution is 2.38. The Morgan fingerprint density at radius 1 is 1.22 bits per heavy atom. The highest BCUT2D eigenvalue weighted by atomic mass is 35.5. The molecule has 23 heavy (non-hydrogen) atoms. The average Bonchev–Trinajstić information content (AvgIpc) is 2.88. The molecule has 2 aromatic carbocycles. The number of carboxylic acids is 1. The lowest BCUT2D eigenvalue weighted by Gasteiger charge is -2.15. The zero-order valence-corrected chi connectivity index (χ0v) is 12.2. The summed E-state index contributed by atoms with van der Waals surface area (Å²) >= 11 is 5.89. The maximum absolute atomic E-state index is 11.2. The maximum atomic E-state index is 11.2. The van der Waals surface area contributed by atoms with E-state index in [1.807, 2.05) is 0 Å². The van der Waals surface area contributed by atoms with Crippen LogP contribution in [0.2, 0.25) is 5.02 Å². The Labute approximate surface area is 135 Å². The molecular formula is C15H9ClN2O5. The van der Waals surface area contributed by atoms with E-state index in [2.05, 4.69) is 10.3 Å². The molecule has 1 aliphatic rings. The van der Waals surface area contributed by atoms with Crippen molar-refractivity contribution in [1.82, 2.24) is 0 Å². The van der Waals surface area contributed by atoms with E-state index >= 15 is 0 Å². The molecule has 0 bridgehead atoms. The van der Waals surface area contributed by atoms with Gasteiger partial charge in [0.2, 0.25) is 6.08 Å². The Morgan fingerprint density at radius 2 is 2.00 bits per heavy atom. The number of hydrogen-bond acceptors (Lipinski definition) is 6. The highest BCUT2D eigenvalue weighted by Gasteiger charge is 2.26. The van der Waals surface area contributed by atoms with E-state index in [1.165, 1.54) is 30.3 Å². The van der Waals surface area contributed by atoms with Crippen molar-refractivity contribution >= 4 is 35.0 Å². The summed E-state index contributed by atoms with van der Waals surface area (Å²) in [5.74, 6) is -0.300. The zero-order valence-electron chi connectivity index (χ0n) is 11.4. The van der Waals surface area contributed by atoms with Crippen LogP contribution in [0.5, 0.6) is 11.5 Å². The summed E-state index contributed by atoms with van der Waals surface area (Å²) in [4.78, 5) is 25.0. The fourth-order valence-electron chi connectivity index (χ4n) is 2.07. The first-order chi connectivity index (χ1) is 11.1. The summed E-state index contributed by atoms with van der Waals surface area (Å²) in [6.07, 6.45) is 0.502. The molecule has 7 nitrogen and oxygen atoms in total. The number of halogens is 1. The number of hydrogen-bond donors (Lipinski definition) is 2. The van der Waals surface area contributed by atoms with Gasteiger partial charge in [0.15, 0.2) is 11.5 Å². The number of carbonyl (C=O) groups is 1. The van der Waals surface area contributed by atoms with Crippen LogP contribution in [-0.2, 0) is 4.79 Å².